The number of aryl methyl sites for hydroxylation is 1. The number of benzene rings is 3. The first-order valence-corrected chi connectivity index (χ1v) is 11.6. The van der Waals surface area contributed by atoms with Gasteiger partial charge in [0.25, 0.3) is 5.91 Å². The summed E-state index contributed by atoms with van der Waals surface area (Å²) in [5, 5.41) is 8.67. The second kappa shape index (κ2) is 12.1. The molecular weight excluding hydrogens is 502 g/mol. The van der Waals surface area contributed by atoms with Gasteiger partial charge in [-0.05, 0) is 73.6 Å². The van der Waals surface area contributed by atoms with Crippen molar-refractivity contribution in [3.05, 3.63) is 88.4 Å². The Labute approximate surface area is 206 Å². The minimum atomic E-state index is -0.375. The van der Waals surface area contributed by atoms with Crippen molar-refractivity contribution in [3.8, 4) is 5.75 Å². The van der Waals surface area contributed by atoms with Crippen molar-refractivity contribution in [2.75, 3.05) is 17.2 Å². The second-order valence-electron chi connectivity index (χ2n) is 7.09. The molecule has 0 aliphatic carbocycles. The normalized spacial score (nSPS) is 10.2. The summed E-state index contributed by atoms with van der Waals surface area (Å²) in [4.78, 5) is 24.8. The number of rotatable bonds is 8. The highest BCUT2D eigenvalue weighted by atomic mass is 79.9. The zero-order chi connectivity index (χ0) is 23.6. The average molecular weight is 526 g/mol. The van der Waals surface area contributed by atoms with E-state index in [1.807, 2.05) is 37.3 Å². The minimum Gasteiger partial charge on any atom is -0.493 e. The molecule has 0 saturated carbocycles. The van der Waals surface area contributed by atoms with E-state index in [2.05, 4.69) is 31.9 Å². The largest absolute Gasteiger partial charge is 0.493 e. The molecule has 3 N–H and O–H groups in total. The van der Waals surface area contributed by atoms with Crippen molar-refractivity contribution in [1.82, 2.24) is 5.32 Å². The molecule has 0 unspecified atom stereocenters. The number of hydrogen-bond acceptors (Lipinski definition) is 4. The fraction of sp³-hybridized carbons (Fsp3) is 0.160. The maximum atomic E-state index is 12.6. The zero-order valence-electron chi connectivity index (χ0n) is 18.1. The van der Waals surface area contributed by atoms with Crippen molar-refractivity contribution in [2.24, 2.45) is 0 Å². The maximum absolute atomic E-state index is 12.6. The van der Waals surface area contributed by atoms with E-state index in [-0.39, 0.29) is 16.9 Å². The van der Waals surface area contributed by atoms with Crippen LogP contribution in [0.3, 0.4) is 0 Å². The third-order valence-corrected chi connectivity index (χ3v) is 5.32. The van der Waals surface area contributed by atoms with E-state index in [0.29, 0.717) is 42.1 Å². The van der Waals surface area contributed by atoms with Crippen LogP contribution in [0.2, 0.25) is 0 Å². The summed E-state index contributed by atoms with van der Waals surface area (Å²) in [5.74, 6) is 0.0504. The van der Waals surface area contributed by atoms with E-state index in [1.165, 1.54) is 0 Å². The predicted octanol–water partition coefficient (Wildman–Crippen LogP) is 5.55. The zero-order valence-corrected chi connectivity index (χ0v) is 20.5. The molecule has 170 valence electrons. The van der Waals surface area contributed by atoms with Crippen LogP contribution in [0.5, 0.6) is 5.75 Å². The van der Waals surface area contributed by atoms with Crippen molar-refractivity contribution in [2.45, 2.75) is 19.8 Å². The SMILES string of the molecule is CCOc1ccc(Br)cc1C(=O)NC(=S)Nc1ccc(NC(=O)CCc2ccccc2)cc1. The van der Waals surface area contributed by atoms with Gasteiger partial charge in [0.1, 0.15) is 5.75 Å². The molecule has 2 amide bonds. The molecule has 3 aromatic rings. The summed E-state index contributed by atoms with van der Waals surface area (Å²) in [7, 11) is 0. The molecule has 0 fully saturated rings. The van der Waals surface area contributed by atoms with E-state index >= 15 is 0 Å². The molecular formula is C25H24BrN3O3S. The quantitative estimate of drug-likeness (QED) is 0.336. The average Bonchev–Trinajstić information content (AvgIpc) is 2.81. The van der Waals surface area contributed by atoms with Gasteiger partial charge in [-0.3, -0.25) is 14.9 Å². The molecule has 0 aliphatic rings. The van der Waals surface area contributed by atoms with Crippen LogP contribution >= 0.6 is 28.1 Å². The Morgan fingerprint density at radius 1 is 0.939 bits per heavy atom. The molecule has 0 aliphatic heterocycles. The third kappa shape index (κ3) is 7.69. The number of ether oxygens (including phenoxy) is 1. The van der Waals surface area contributed by atoms with Crippen molar-refractivity contribution in [3.63, 3.8) is 0 Å². The third-order valence-electron chi connectivity index (χ3n) is 4.62. The standard InChI is InChI=1S/C25H24BrN3O3S/c1-2-32-22-14-9-18(26)16-21(22)24(31)29-25(33)28-20-12-10-19(11-13-20)27-23(30)15-8-17-6-4-3-5-7-17/h3-7,9-14,16H,2,8,15H2,1H3,(H,27,30)(H2,28,29,31,33). The Bertz CT molecular complexity index is 1120. The van der Waals surface area contributed by atoms with E-state index in [0.717, 1.165) is 10.0 Å². The first-order valence-electron chi connectivity index (χ1n) is 10.4. The molecule has 0 saturated heterocycles. The van der Waals surface area contributed by atoms with Gasteiger partial charge in [0.05, 0.1) is 12.2 Å². The highest BCUT2D eigenvalue weighted by Gasteiger charge is 2.15. The van der Waals surface area contributed by atoms with Crippen molar-refractivity contribution >= 4 is 56.4 Å². The number of amides is 2. The molecule has 6 nitrogen and oxygen atoms in total. The molecule has 0 spiro atoms. The highest BCUT2D eigenvalue weighted by molar-refractivity contribution is 9.10. The molecule has 33 heavy (non-hydrogen) atoms. The lowest BCUT2D eigenvalue weighted by molar-refractivity contribution is -0.116. The van der Waals surface area contributed by atoms with Crippen LogP contribution in [0.1, 0.15) is 29.3 Å². The lowest BCUT2D eigenvalue weighted by Crippen LogP contribution is -2.34. The molecule has 0 aromatic heterocycles. The van der Waals surface area contributed by atoms with Gasteiger partial charge in [0, 0.05) is 22.3 Å². The highest BCUT2D eigenvalue weighted by Crippen LogP contribution is 2.23. The van der Waals surface area contributed by atoms with E-state index in [1.54, 1.807) is 42.5 Å². The Morgan fingerprint density at radius 3 is 2.27 bits per heavy atom. The van der Waals surface area contributed by atoms with E-state index in [4.69, 9.17) is 17.0 Å². The number of anilines is 2. The van der Waals surface area contributed by atoms with Crippen LogP contribution < -0.4 is 20.7 Å². The second-order valence-corrected chi connectivity index (χ2v) is 8.42. The van der Waals surface area contributed by atoms with Gasteiger partial charge in [-0.15, -0.1) is 0 Å². The Morgan fingerprint density at radius 2 is 1.61 bits per heavy atom. The summed E-state index contributed by atoms with van der Waals surface area (Å²) < 4.78 is 6.28. The number of nitrogens with one attached hydrogen (secondary N) is 3. The van der Waals surface area contributed by atoms with Gasteiger partial charge in [-0.25, -0.2) is 0 Å². The minimum absolute atomic E-state index is 0.0542. The van der Waals surface area contributed by atoms with Gasteiger partial charge in [-0.2, -0.15) is 0 Å². The fourth-order valence-corrected chi connectivity index (χ4v) is 3.63. The Hall–Kier alpha value is -3.23. The first kappa shape index (κ1) is 24.4. The summed E-state index contributed by atoms with van der Waals surface area (Å²) in [6.45, 7) is 2.30. The van der Waals surface area contributed by atoms with Gasteiger partial charge in [0.2, 0.25) is 5.91 Å². The molecule has 0 heterocycles. The summed E-state index contributed by atoms with van der Waals surface area (Å²) in [5.41, 5.74) is 2.87. The number of carbonyl (C=O) groups is 2. The van der Waals surface area contributed by atoms with Crippen molar-refractivity contribution < 1.29 is 14.3 Å². The van der Waals surface area contributed by atoms with Crippen LogP contribution in [-0.4, -0.2) is 23.5 Å². The van der Waals surface area contributed by atoms with Crippen LogP contribution in [-0.2, 0) is 11.2 Å². The van der Waals surface area contributed by atoms with Crippen molar-refractivity contribution in [1.29, 1.82) is 0 Å². The predicted molar refractivity (Wildman–Crippen MR) is 139 cm³/mol. The van der Waals surface area contributed by atoms with E-state index < -0.39 is 0 Å². The summed E-state index contributed by atoms with van der Waals surface area (Å²) in [6.07, 6.45) is 1.09. The van der Waals surface area contributed by atoms with Gasteiger partial charge < -0.3 is 15.4 Å². The topological polar surface area (TPSA) is 79.5 Å². The summed E-state index contributed by atoms with van der Waals surface area (Å²) >= 11 is 8.64. The van der Waals surface area contributed by atoms with Crippen LogP contribution in [0, 0.1) is 0 Å². The number of hydrogen-bond donors (Lipinski definition) is 3. The fourth-order valence-electron chi connectivity index (χ4n) is 3.06. The molecule has 0 bridgehead atoms. The molecule has 8 heteroatoms. The van der Waals surface area contributed by atoms with Gasteiger partial charge in [-0.1, -0.05) is 46.3 Å². The smallest absolute Gasteiger partial charge is 0.261 e. The molecule has 0 radical (unpaired) electrons. The maximum Gasteiger partial charge on any atom is 0.261 e. The number of carbonyl (C=O) groups excluding carboxylic acids is 2. The van der Waals surface area contributed by atoms with E-state index in [9.17, 15) is 9.59 Å². The monoisotopic (exact) mass is 525 g/mol. The molecule has 0 atom stereocenters. The van der Waals surface area contributed by atoms with Crippen LogP contribution in [0.25, 0.3) is 0 Å². The lowest BCUT2D eigenvalue weighted by atomic mass is 10.1. The van der Waals surface area contributed by atoms with Crippen LogP contribution in [0.15, 0.2) is 77.3 Å². The van der Waals surface area contributed by atoms with Gasteiger partial charge in [0.15, 0.2) is 5.11 Å². The molecule has 3 aromatic carbocycles. The first-order chi connectivity index (χ1) is 15.9. The lowest BCUT2D eigenvalue weighted by Gasteiger charge is -2.13. The number of thiocarbonyl (C=S) groups is 1. The number of halogens is 1. The molecule has 3 rings (SSSR count). The summed E-state index contributed by atoms with van der Waals surface area (Å²) in [6, 6.07) is 22.2. The van der Waals surface area contributed by atoms with Gasteiger partial charge >= 0.3 is 0 Å². The van der Waals surface area contributed by atoms with Crippen LogP contribution in [0.4, 0.5) is 11.4 Å². The Balaban J connectivity index is 1.51. The Kier molecular flexibility index (Phi) is 8.97.